The van der Waals surface area contributed by atoms with Crippen LogP contribution in [0.3, 0.4) is 0 Å². The summed E-state index contributed by atoms with van der Waals surface area (Å²) >= 11 is 6.74. The summed E-state index contributed by atoms with van der Waals surface area (Å²) in [6.07, 6.45) is 0.427. The molecule has 1 fully saturated rings. The molecule has 44 heavy (non-hydrogen) atoms. The van der Waals surface area contributed by atoms with Gasteiger partial charge in [-0.2, -0.15) is 5.26 Å². The lowest BCUT2D eigenvalue weighted by Crippen LogP contribution is -2.30. The van der Waals surface area contributed by atoms with E-state index in [-0.39, 0.29) is 18.6 Å². The van der Waals surface area contributed by atoms with Gasteiger partial charge >= 0.3 is 0 Å². The Morgan fingerprint density at radius 1 is 0.955 bits per heavy atom. The van der Waals surface area contributed by atoms with Crippen molar-refractivity contribution >= 4 is 17.5 Å². The second kappa shape index (κ2) is 13.3. The second-order valence-corrected chi connectivity index (χ2v) is 11.2. The van der Waals surface area contributed by atoms with Gasteiger partial charge in [0.2, 0.25) is 5.91 Å². The number of hydrogen-bond acceptors (Lipinski definition) is 7. The maximum Gasteiger partial charge on any atom is 0.221 e. The zero-order chi connectivity index (χ0) is 30.5. The van der Waals surface area contributed by atoms with Crippen molar-refractivity contribution in [2.24, 2.45) is 0 Å². The first-order chi connectivity index (χ1) is 21.5. The Labute approximate surface area is 261 Å². The molecule has 2 N–H and O–H groups in total. The summed E-state index contributed by atoms with van der Waals surface area (Å²) in [6, 6.07) is 25.3. The molecule has 2 aliphatic heterocycles. The summed E-state index contributed by atoms with van der Waals surface area (Å²) in [5, 5.41) is 16.0. The first-order valence-corrected chi connectivity index (χ1v) is 14.9. The maximum atomic E-state index is 11.7. The van der Waals surface area contributed by atoms with E-state index in [0.29, 0.717) is 61.4 Å². The van der Waals surface area contributed by atoms with E-state index in [9.17, 15) is 10.1 Å². The highest BCUT2D eigenvalue weighted by Gasteiger charge is 2.22. The van der Waals surface area contributed by atoms with Gasteiger partial charge in [0.25, 0.3) is 0 Å². The third-order valence-electron chi connectivity index (χ3n) is 7.81. The number of rotatable bonds is 10. The number of carbonyl (C=O) groups excluding carboxylic acids is 1. The van der Waals surface area contributed by atoms with Crippen LogP contribution in [-0.2, 0) is 24.6 Å². The molecule has 0 aromatic heterocycles. The van der Waals surface area contributed by atoms with E-state index in [0.717, 1.165) is 44.9 Å². The van der Waals surface area contributed by atoms with Crippen molar-refractivity contribution in [3.05, 3.63) is 106 Å². The van der Waals surface area contributed by atoms with E-state index in [2.05, 4.69) is 29.7 Å². The lowest BCUT2D eigenvalue weighted by atomic mass is 9.96. The van der Waals surface area contributed by atoms with Gasteiger partial charge in [-0.15, -0.1) is 0 Å². The number of hydrogen-bond donors (Lipinski definition) is 2. The molecule has 6 rings (SSSR count). The molecule has 9 heteroatoms. The van der Waals surface area contributed by atoms with Crippen LogP contribution >= 0.6 is 11.6 Å². The van der Waals surface area contributed by atoms with Crippen LogP contribution in [0.1, 0.15) is 34.2 Å². The highest BCUT2D eigenvalue weighted by molar-refractivity contribution is 6.32. The van der Waals surface area contributed by atoms with Crippen LogP contribution in [0.5, 0.6) is 23.0 Å². The topological polar surface area (TPSA) is 102 Å². The van der Waals surface area contributed by atoms with Gasteiger partial charge in [-0.1, -0.05) is 48.0 Å². The molecule has 1 atom stereocenters. The predicted molar refractivity (Wildman–Crippen MR) is 167 cm³/mol. The first-order valence-electron chi connectivity index (χ1n) is 14.5. The van der Waals surface area contributed by atoms with Crippen LogP contribution in [0.4, 0.5) is 0 Å². The molecule has 0 spiro atoms. The minimum atomic E-state index is 0.0295. The summed E-state index contributed by atoms with van der Waals surface area (Å²) < 4.78 is 24.0. The Balaban J connectivity index is 1.21. The van der Waals surface area contributed by atoms with Crippen molar-refractivity contribution in [2.45, 2.75) is 39.1 Å². The number of halogens is 1. The van der Waals surface area contributed by atoms with Gasteiger partial charge in [0.05, 0.1) is 16.7 Å². The molecular weight excluding hydrogens is 578 g/mol. The Morgan fingerprint density at radius 3 is 2.59 bits per heavy atom. The summed E-state index contributed by atoms with van der Waals surface area (Å²) in [5.41, 5.74) is 6.52. The average Bonchev–Trinajstić information content (AvgIpc) is 3.47. The van der Waals surface area contributed by atoms with Gasteiger partial charge in [-0.3, -0.25) is 4.79 Å². The third-order valence-corrected chi connectivity index (χ3v) is 8.10. The van der Waals surface area contributed by atoms with Crippen molar-refractivity contribution in [2.75, 3.05) is 19.8 Å². The first kappa shape index (κ1) is 29.4. The highest BCUT2D eigenvalue weighted by atomic mass is 35.5. The van der Waals surface area contributed by atoms with Crippen molar-refractivity contribution in [1.82, 2.24) is 10.6 Å². The summed E-state index contributed by atoms with van der Waals surface area (Å²) in [4.78, 5) is 11.7. The molecule has 224 valence electrons. The average molecular weight is 610 g/mol. The van der Waals surface area contributed by atoms with Crippen LogP contribution < -0.4 is 29.6 Å². The van der Waals surface area contributed by atoms with Crippen molar-refractivity contribution < 1.29 is 23.7 Å². The molecule has 0 saturated carbocycles. The van der Waals surface area contributed by atoms with E-state index in [1.807, 2.05) is 54.6 Å². The van der Waals surface area contributed by atoms with Crippen LogP contribution in [0, 0.1) is 18.3 Å². The normalized spacial score (nSPS) is 15.4. The molecule has 4 aromatic carbocycles. The Morgan fingerprint density at radius 2 is 1.77 bits per heavy atom. The summed E-state index contributed by atoms with van der Waals surface area (Å²) in [7, 11) is 0. The largest absolute Gasteiger partial charge is 0.488 e. The Bertz CT molecular complexity index is 1730. The standard InChI is InChI=1S/C35H32ClN3O5/c1-22-26(6-3-7-29(22)25-8-9-31-34(14-25)42-11-10-41-31)21-44-33-16-32(43-20-24-5-2-4-23(12-24)17-37)27(13-30(33)36)18-38-28-15-35(40)39-19-28/h2-9,12-14,16,28,38H,10-11,15,18-21H2,1H3,(H,39,40). The fourth-order valence-electron chi connectivity index (χ4n) is 5.37. The lowest BCUT2D eigenvalue weighted by molar-refractivity contribution is -0.119. The number of nitrogens with zero attached hydrogens (tertiary/aromatic N) is 1. The van der Waals surface area contributed by atoms with Gasteiger partial charge in [0, 0.05) is 37.2 Å². The number of amides is 1. The van der Waals surface area contributed by atoms with E-state index in [1.54, 1.807) is 12.1 Å². The number of nitriles is 1. The van der Waals surface area contributed by atoms with E-state index >= 15 is 0 Å². The number of fused-ring (bicyclic) bond motifs is 1. The number of ether oxygens (including phenoxy) is 4. The number of nitrogens with one attached hydrogen (secondary N) is 2. The molecular formula is C35H32ClN3O5. The van der Waals surface area contributed by atoms with Crippen molar-refractivity contribution in [3.8, 4) is 40.2 Å². The smallest absolute Gasteiger partial charge is 0.221 e. The minimum absolute atomic E-state index is 0.0295. The molecule has 1 saturated heterocycles. The van der Waals surface area contributed by atoms with Gasteiger partial charge in [0.15, 0.2) is 11.5 Å². The molecule has 0 bridgehead atoms. The molecule has 2 heterocycles. The van der Waals surface area contributed by atoms with Gasteiger partial charge in [0.1, 0.15) is 37.9 Å². The van der Waals surface area contributed by atoms with Crippen LogP contribution in [0.15, 0.2) is 72.8 Å². The predicted octanol–water partition coefficient (Wildman–Crippen LogP) is 6.09. The quantitative estimate of drug-likeness (QED) is 0.224. The zero-order valence-corrected chi connectivity index (χ0v) is 25.1. The molecule has 2 aliphatic rings. The van der Waals surface area contributed by atoms with Crippen LogP contribution in [-0.4, -0.2) is 31.7 Å². The summed E-state index contributed by atoms with van der Waals surface area (Å²) in [6.45, 7) is 4.78. The number of benzene rings is 4. The molecule has 4 aromatic rings. The molecule has 1 amide bonds. The number of carbonyl (C=O) groups is 1. The van der Waals surface area contributed by atoms with Gasteiger partial charge in [-0.05, 0) is 65.1 Å². The lowest BCUT2D eigenvalue weighted by Gasteiger charge is -2.20. The fraction of sp³-hybridized carbons (Fsp3) is 0.257. The van der Waals surface area contributed by atoms with Crippen LogP contribution in [0.25, 0.3) is 11.1 Å². The van der Waals surface area contributed by atoms with Crippen molar-refractivity contribution in [1.29, 1.82) is 5.26 Å². The fourth-order valence-corrected chi connectivity index (χ4v) is 5.61. The SMILES string of the molecule is Cc1c(COc2cc(OCc3cccc(C#N)c3)c(CNC3CNC(=O)C3)cc2Cl)cccc1-c1ccc2c(c1)OCCO2. The van der Waals surface area contributed by atoms with E-state index < -0.39 is 0 Å². The second-order valence-electron chi connectivity index (χ2n) is 10.8. The maximum absolute atomic E-state index is 11.7. The van der Waals surface area contributed by atoms with E-state index in [4.69, 9.17) is 30.5 Å². The van der Waals surface area contributed by atoms with E-state index in [1.165, 1.54) is 0 Å². The van der Waals surface area contributed by atoms with Crippen molar-refractivity contribution in [3.63, 3.8) is 0 Å². The molecule has 0 aliphatic carbocycles. The Hall–Kier alpha value is -4.71. The Kier molecular flexibility index (Phi) is 8.87. The molecule has 1 unspecified atom stereocenters. The molecule has 0 radical (unpaired) electrons. The monoisotopic (exact) mass is 609 g/mol. The van der Waals surface area contributed by atoms with Gasteiger partial charge < -0.3 is 29.6 Å². The highest BCUT2D eigenvalue weighted by Crippen LogP contribution is 2.37. The van der Waals surface area contributed by atoms with Crippen LogP contribution in [0.2, 0.25) is 5.02 Å². The minimum Gasteiger partial charge on any atom is -0.488 e. The summed E-state index contributed by atoms with van der Waals surface area (Å²) in [5.74, 6) is 2.65. The third kappa shape index (κ3) is 6.75. The van der Waals surface area contributed by atoms with Gasteiger partial charge in [-0.25, -0.2) is 0 Å². The zero-order valence-electron chi connectivity index (χ0n) is 24.3. The molecule has 8 nitrogen and oxygen atoms in total.